The number of hydrogen-bond donors (Lipinski definition) is 1. The highest BCUT2D eigenvalue weighted by molar-refractivity contribution is 7.09. The van der Waals surface area contributed by atoms with Gasteiger partial charge in [0.25, 0.3) is 5.91 Å². The van der Waals surface area contributed by atoms with Gasteiger partial charge in [-0.15, -0.1) is 11.3 Å². The lowest BCUT2D eigenvalue weighted by Crippen LogP contribution is -2.37. The second-order valence-corrected chi connectivity index (χ2v) is 6.53. The summed E-state index contributed by atoms with van der Waals surface area (Å²) in [5, 5.41) is 5.62. The average Bonchev–Trinajstić information content (AvgIpc) is 3.12. The summed E-state index contributed by atoms with van der Waals surface area (Å²) in [6.45, 7) is 2.37. The van der Waals surface area contributed by atoms with Crippen molar-refractivity contribution in [2.24, 2.45) is 0 Å². The summed E-state index contributed by atoms with van der Waals surface area (Å²) in [4.78, 5) is 30.5. The summed E-state index contributed by atoms with van der Waals surface area (Å²) < 4.78 is 10.3. The summed E-state index contributed by atoms with van der Waals surface area (Å²) in [5.41, 5.74) is 1.25. The van der Waals surface area contributed by atoms with Crippen LogP contribution in [-0.4, -0.2) is 49.5 Å². The van der Waals surface area contributed by atoms with Crippen molar-refractivity contribution in [2.45, 2.75) is 19.9 Å². The molecule has 1 N–H and O–H groups in total. The highest BCUT2D eigenvalue weighted by atomic mass is 32.1. The number of carbonyl (C=O) groups excluding carboxylic acids is 2. The zero-order chi connectivity index (χ0) is 19.1. The lowest BCUT2D eigenvalue weighted by molar-refractivity contribution is -0.129. The van der Waals surface area contributed by atoms with Crippen LogP contribution in [-0.2, 0) is 17.8 Å². The van der Waals surface area contributed by atoms with Gasteiger partial charge in [0.15, 0.2) is 11.5 Å². The molecule has 0 aliphatic heterocycles. The molecule has 0 atom stereocenters. The Bertz CT molecular complexity index is 776. The number of nitrogens with one attached hydrogen (secondary N) is 1. The van der Waals surface area contributed by atoms with E-state index in [0.29, 0.717) is 23.6 Å². The first-order valence-electron chi connectivity index (χ1n) is 8.16. The third-order valence-electron chi connectivity index (χ3n) is 3.77. The average molecular weight is 377 g/mol. The topological polar surface area (TPSA) is 80.8 Å². The fourth-order valence-electron chi connectivity index (χ4n) is 2.29. The first-order chi connectivity index (χ1) is 12.5. The van der Waals surface area contributed by atoms with E-state index in [0.717, 1.165) is 17.1 Å². The third-order valence-corrected chi connectivity index (χ3v) is 4.81. The Morgan fingerprint density at radius 3 is 2.58 bits per heavy atom. The van der Waals surface area contributed by atoms with E-state index >= 15 is 0 Å². The monoisotopic (exact) mass is 377 g/mol. The van der Waals surface area contributed by atoms with Crippen molar-refractivity contribution in [1.82, 2.24) is 15.2 Å². The molecule has 140 valence electrons. The Labute approximate surface area is 156 Å². The van der Waals surface area contributed by atoms with Crippen LogP contribution in [0, 0.1) is 0 Å². The Kier molecular flexibility index (Phi) is 6.97. The summed E-state index contributed by atoms with van der Waals surface area (Å²) in [6, 6.07) is 4.84. The van der Waals surface area contributed by atoms with Gasteiger partial charge in [0.1, 0.15) is 0 Å². The molecule has 1 heterocycles. The van der Waals surface area contributed by atoms with Crippen molar-refractivity contribution in [2.75, 3.05) is 27.8 Å². The normalized spacial score (nSPS) is 10.3. The van der Waals surface area contributed by atoms with Crippen LogP contribution in [0.4, 0.5) is 0 Å². The first kappa shape index (κ1) is 19.7. The molecule has 0 spiro atoms. The van der Waals surface area contributed by atoms with Crippen LogP contribution in [0.25, 0.3) is 0 Å². The number of nitrogens with zero attached hydrogens (tertiary/aromatic N) is 2. The zero-order valence-corrected chi connectivity index (χ0v) is 16.2. The fraction of sp³-hybridized carbons (Fsp3) is 0.389. The molecule has 0 bridgehead atoms. The number of ether oxygens (including phenoxy) is 2. The number of hydrogen-bond acceptors (Lipinski definition) is 6. The van der Waals surface area contributed by atoms with Crippen LogP contribution < -0.4 is 14.8 Å². The van der Waals surface area contributed by atoms with E-state index in [1.807, 2.05) is 12.3 Å². The van der Waals surface area contributed by atoms with E-state index in [9.17, 15) is 9.59 Å². The first-order valence-corrected chi connectivity index (χ1v) is 9.03. The van der Waals surface area contributed by atoms with Gasteiger partial charge in [0, 0.05) is 18.0 Å². The van der Waals surface area contributed by atoms with Crippen molar-refractivity contribution in [3.8, 4) is 11.5 Å². The van der Waals surface area contributed by atoms with Gasteiger partial charge >= 0.3 is 0 Å². The second kappa shape index (κ2) is 9.19. The lowest BCUT2D eigenvalue weighted by Gasteiger charge is -2.16. The second-order valence-electron chi connectivity index (χ2n) is 5.59. The fourth-order valence-corrected chi connectivity index (χ4v) is 3.02. The van der Waals surface area contributed by atoms with Gasteiger partial charge in [-0.1, -0.05) is 6.92 Å². The molecular formula is C18H23N3O4S. The molecule has 1 aromatic heterocycles. The van der Waals surface area contributed by atoms with E-state index in [2.05, 4.69) is 10.3 Å². The molecule has 8 heteroatoms. The highest BCUT2D eigenvalue weighted by Crippen LogP contribution is 2.27. The van der Waals surface area contributed by atoms with E-state index in [-0.39, 0.29) is 18.4 Å². The molecule has 2 amide bonds. The number of aromatic nitrogens is 1. The van der Waals surface area contributed by atoms with Crippen molar-refractivity contribution in [3.63, 3.8) is 0 Å². The Balaban J connectivity index is 1.90. The summed E-state index contributed by atoms with van der Waals surface area (Å²) in [5.74, 6) is 0.452. The molecule has 0 fully saturated rings. The number of rotatable bonds is 8. The van der Waals surface area contributed by atoms with Gasteiger partial charge in [0.05, 0.1) is 38.0 Å². The van der Waals surface area contributed by atoms with Crippen LogP contribution in [0.15, 0.2) is 23.6 Å². The molecule has 0 saturated heterocycles. The van der Waals surface area contributed by atoms with Gasteiger partial charge < -0.3 is 19.7 Å². The number of thiazole rings is 1. The summed E-state index contributed by atoms with van der Waals surface area (Å²) in [6.07, 6.45) is 0.879. The summed E-state index contributed by atoms with van der Waals surface area (Å²) >= 11 is 1.58. The molecule has 0 saturated carbocycles. The standard InChI is InChI=1S/C18H23N3O4S/c1-5-16-20-13(11-26-16)10-21(2)17(22)9-19-18(23)12-6-7-14(24-3)15(8-12)25-4/h6-8,11H,5,9-10H2,1-4H3,(H,19,23). The molecule has 2 rings (SSSR count). The van der Waals surface area contributed by atoms with Gasteiger partial charge in [-0.3, -0.25) is 9.59 Å². The molecular weight excluding hydrogens is 354 g/mol. The predicted molar refractivity (Wildman–Crippen MR) is 99.8 cm³/mol. The molecule has 0 unspecified atom stereocenters. The molecule has 0 radical (unpaired) electrons. The van der Waals surface area contributed by atoms with Crippen LogP contribution in [0.3, 0.4) is 0 Å². The third kappa shape index (κ3) is 4.95. The van der Waals surface area contributed by atoms with Crippen LogP contribution in [0.1, 0.15) is 28.0 Å². The SMILES string of the molecule is CCc1nc(CN(C)C(=O)CNC(=O)c2ccc(OC)c(OC)c2)cs1. The number of amides is 2. The molecule has 0 aliphatic rings. The highest BCUT2D eigenvalue weighted by Gasteiger charge is 2.15. The maximum atomic E-state index is 12.3. The van der Waals surface area contributed by atoms with Gasteiger partial charge in [0.2, 0.25) is 5.91 Å². The lowest BCUT2D eigenvalue weighted by atomic mass is 10.2. The van der Waals surface area contributed by atoms with Crippen LogP contribution >= 0.6 is 11.3 Å². The number of methoxy groups -OCH3 is 2. The quantitative estimate of drug-likeness (QED) is 0.762. The molecule has 26 heavy (non-hydrogen) atoms. The molecule has 0 aliphatic carbocycles. The van der Waals surface area contributed by atoms with Crippen molar-refractivity contribution in [3.05, 3.63) is 39.8 Å². The van der Waals surface area contributed by atoms with Gasteiger partial charge in [-0.2, -0.15) is 0 Å². The van der Waals surface area contributed by atoms with Crippen molar-refractivity contribution < 1.29 is 19.1 Å². The minimum Gasteiger partial charge on any atom is -0.493 e. The number of likely N-dealkylation sites (N-methyl/N-ethyl adjacent to an activating group) is 1. The molecule has 7 nitrogen and oxygen atoms in total. The Morgan fingerprint density at radius 1 is 1.23 bits per heavy atom. The van der Waals surface area contributed by atoms with Crippen LogP contribution in [0.2, 0.25) is 0 Å². The van der Waals surface area contributed by atoms with E-state index in [4.69, 9.17) is 9.47 Å². The number of benzene rings is 1. The minimum absolute atomic E-state index is 0.0888. The molecule has 2 aromatic rings. The van der Waals surface area contributed by atoms with E-state index < -0.39 is 0 Å². The van der Waals surface area contributed by atoms with Crippen LogP contribution in [0.5, 0.6) is 11.5 Å². The smallest absolute Gasteiger partial charge is 0.251 e. The molecule has 1 aromatic carbocycles. The van der Waals surface area contributed by atoms with Gasteiger partial charge in [-0.25, -0.2) is 4.98 Å². The largest absolute Gasteiger partial charge is 0.493 e. The Hall–Kier alpha value is -2.61. The van der Waals surface area contributed by atoms with Crippen molar-refractivity contribution >= 4 is 23.2 Å². The minimum atomic E-state index is -0.352. The van der Waals surface area contributed by atoms with E-state index in [1.54, 1.807) is 41.5 Å². The maximum absolute atomic E-state index is 12.3. The van der Waals surface area contributed by atoms with Gasteiger partial charge in [-0.05, 0) is 24.6 Å². The summed E-state index contributed by atoms with van der Waals surface area (Å²) in [7, 11) is 4.72. The maximum Gasteiger partial charge on any atom is 0.251 e. The van der Waals surface area contributed by atoms with Crippen molar-refractivity contribution in [1.29, 1.82) is 0 Å². The number of aryl methyl sites for hydroxylation is 1. The predicted octanol–water partition coefficient (Wildman–Crippen LogP) is 2.11. The van der Waals surface area contributed by atoms with E-state index in [1.165, 1.54) is 14.2 Å². The zero-order valence-electron chi connectivity index (χ0n) is 15.4. The number of carbonyl (C=O) groups is 2. The Morgan fingerprint density at radius 2 is 1.96 bits per heavy atom.